The summed E-state index contributed by atoms with van der Waals surface area (Å²) >= 11 is 0. The number of allylic oxidation sites excluding steroid dienone is 1. The standard InChI is InChI=1S/C25H28N4O5/c1-13-18(25(31)29-12-21(32-5)14(29)2)11-28-23(13)19(8-9-26)34-16-6-7-17-20(10-16)33-15(3)22(17)24(30)27-4/h6-11,14,21,26,28H,12H2,1-5H3,(H,27,30)/b19-8+,26-9?/t14-,21-/m0/s1. The Kier molecular flexibility index (Phi) is 6.30. The molecule has 0 aliphatic carbocycles. The van der Waals surface area contributed by atoms with Gasteiger partial charge in [0, 0.05) is 50.6 Å². The molecular weight excluding hydrogens is 436 g/mol. The molecule has 0 saturated carbocycles. The number of H-pyrrole nitrogens is 1. The van der Waals surface area contributed by atoms with Crippen molar-refractivity contribution in [2.75, 3.05) is 20.7 Å². The van der Waals surface area contributed by atoms with E-state index in [2.05, 4.69) is 10.3 Å². The minimum Gasteiger partial charge on any atom is -0.460 e. The number of furan rings is 1. The molecule has 2 atom stereocenters. The highest BCUT2D eigenvalue weighted by atomic mass is 16.5. The zero-order valence-electron chi connectivity index (χ0n) is 19.8. The maximum atomic E-state index is 13.0. The molecule has 3 aromatic rings. The maximum Gasteiger partial charge on any atom is 0.256 e. The highest BCUT2D eigenvalue weighted by Gasteiger charge is 2.40. The van der Waals surface area contributed by atoms with Gasteiger partial charge in [0.05, 0.1) is 29.0 Å². The number of aryl methyl sites for hydroxylation is 1. The summed E-state index contributed by atoms with van der Waals surface area (Å²) < 4.78 is 17.2. The zero-order chi connectivity index (χ0) is 24.6. The molecule has 2 aromatic heterocycles. The second kappa shape index (κ2) is 9.18. The maximum absolute atomic E-state index is 13.0. The van der Waals surface area contributed by atoms with E-state index >= 15 is 0 Å². The Morgan fingerprint density at radius 3 is 2.74 bits per heavy atom. The van der Waals surface area contributed by atoms with Crippen LogP contribution < -0.4 is 10.1 Å². The average Bonchev–Trinajstić information content (AvgIpc) is 3.36. The fraction of sp³-hybridized carbons (Fsp3) is 0.320. The Bertz CT molecular complexity index is 1300. The van der Waals surface area contributed by atoms with E-state index in [0.717, 1.165) is 11.8 Å². The number of amides is 2. The van der Waals surface area contributed by atoms with Crippen molar-refractivity contribution in [2.45, 2.75) is 32.9 Å². The number of carbonyl (C=O) groups is 2. The Morgan fingerprint density at radius 1 is 1.32 bits per heavy atom. The number of aromatic nitrogens is 1. The van der Waals surface area contributed by atoms with E-state index in [-0.39, 0.29) is 24.0 Å². The molecule has 0 bridgehead atoms. The van der Waals surface area contributed by atoms with Crippen LogP contribution in [0, 0.1) is 19.3 Å². The van der Waals surface area contributed by atoms with E-state index < -0.39 is 0 Å². The van der Waals surface area contributed by atoms with Gasteiger partial charge in [-0.1, -0.05) is 0 Å². The second-order valence-corrected chi connectivity index (χ2v) is 8.24. The first kappa shape index (κ1) is 23.3. The fourth-order valence-corrected chi connectivity index (χ4v) is 4.28. The summed E-state index contributed by atoms with van der Waals surface area (Å²) in [6, 6.07) is 5.20. The van der Waals surface area contributed by atoms with Gasteiger partial charge in [0.15, 0.2) is 5.76 Å². The van der Waals surface area contributed by atoms with Crippen LogP contribution in [0.2, 0.25) is 0 Å². The average molecular weight is 465 g/mol. The lowest BCUT2D eigenvalue weighted by Gasteiger charge is -2.45. The van der Waals surface area contributed by atoms with Crippen LogP contribution >= 0.6 is 0 Å². The van der Waals surface area contributed by atoms with Crippen molar-refractivity contribution in [1.29, 1.82) is 5.41 Å². The number of methoxy groups -OCH3 is 1. The number of rotatable bonds is 7. The minimum atomic E-state index is -0.221. The monoisotopic (exact) mass is 464 g/mol. The first-order chi connectivity index (χ1) is 16.3. The Morgan fingerprint density at radius 2 is 2.09 bits per heavy atom. The molecule has 4 rings (SSSR count). The second-order valence-electron chi connectivity index (χ2n) is 8.24. The molecule has 0 spiro atoms. The number of nitrogens with zero attached hydrogens (tertiary/aromatic N) is 1. The SMILES string of the molecule is CNC(=O)c1c(C)oc2cc(O/C(=C/C=N)c3[nH]cc(C(=O)N4C[C@H](OC)[C@@H]4C)c3C)ccc12. The number of ether oxygens (including phenoxy) is 2. The fourth-order valence-electron chi connectivity index (χ4n) is 4.28. The lowest BCUT2D eigenvalue weighted by molar-refractivity contribution is -0.0593. The van der Waals surface area contributed by atoms with Crippen molar-refractivity contribution in [3.05, 3.63) is 58.6 Å². The van der Waals surface area contributed by atoms with Gasteiger partial charge in [0.25, 0.3) is 11.8 Å². The van der Waals surface area contributed by atoms with Crippen molar-refractivity contribution in [3.63, 3.8) is 0 Å². The number of hydrogen-bond donors (Lipinski definition) is 3. The van der Waals surface area contributed by atoms with Crippen LogP contribution in [0.5, 0.6) is 5.75 Å². The summed E-state index contributed by atoms with van der Waals surface area (Å²) in [7, 11) is 3.22. The smallest absolute Gasteiger partial charge is 0.256 e. The molecule has 1 saturated heterocycles. The van der Waals surface area contributed by atoms with Gasteiger partial charge in [-0.2, -0.15) is 0 Å². The topological polar surface area (TPSA) is 121 Å². The van der Waals surface area contributed by atoms with Gasteiger partial charge in [-0.25, -0.2) is 0 Å². The van der Waals surface area contributed by atoms with Gasteiger partial charge in [0.2, 0.25) is 0 Å². The summed E-state index contributed by atoms with van der Waals surface area (Å²) in [5.41, 5.74) is 2.87. The van der Waals surface area contributed by atoms with Crippen molar-refractivity contribution in [3.8, 4) is 5.75 Å². The third-order valence-corrected chi connectivity index (χ3v) is 6.34. The third kappa shape index (κ3) is 3.88. The molecule has 1 fully saturated rings. The lowest BCUT2D eigenvalue weighted by Crippen LogP contribution is -2.61. The largest absolute Gasteiger partial charge is 0.460 e. The van der Waals surface area contributed by atoms with Gasteiger partial charge in [-0.3, -0.25) is 9.59 Å². The van der Waals surface area contributed by atoms with E-state index in [1.54, 1.807) is 50.4 Å². The zero-order valence-corrected chi connectivity index (χ0v) is 19.8. The summed E-state index contributed by atoms with van der Waals surface area (Å²) in [5.74, 6) is 1.07. The number of fused-ring (bicyclic) bond motifs is 1. The van der Waals surface area contributed by atoms with E-state index in [4.69, 9.17) is 19.3 Å². The van der Waals surface area contributed by atoms with Crippen LogP contribution in [-0.4, -0.2) is 60.8 Å². The molecule has 0 unspecified atom stereocenters. The molecule has 1 aromatic carbocycles. The van der Waals surface area contributed by atoms with Crippen LogP contribution in [-0.2, 0) is 4.74 Å². The van der Waals surface area contributed by atoms with Crippen molar-refractivity contribution in [1.82, 2.24) is 15.2 Å². The normalized spacial score (nSPS) is 18.0. The molecule has 1 aliphatic heterocycles. The van der Waals surface area contributed by atoms with E-state index in [0.29, 0.717) is 51.6 Å². The van der Waals surface area contributed by atoms with Gasteiger partial charge in [-0.05, 0) is 38.5 Å². The van der Waals surface area contributed by atoms with Crippen LogP contribution in [0.1, 0.15) is 44.7 Å². The quantitative estimate of drug-likeness (QED) is 0.364. The van der Waals surface area contributed by atoms with E-state index in [1.165, 1.54) is 6.08 Å². The third-order valence-electron chi connectivity index (χ3n) is 6.34. The van der Waals surface area contributed by atoms with E-state index in [1.807, 2.05) is 13.8 Å². The van der Waals surface area contributed by atoms with Gasteiger partial charge in [0.1, 0.15) is 17.1 Å². The number of carbonyl (C=O) groups excluding carboxylic acids is 2. The van der Waals surface area contributed by atoms with Gasteiger partial charge in [-0.15, -0.1) is 0 Å². The number of hydrogen-bond acceptors (Lipinski definition) is 6. The summed E-state index contributed by atoms with van der Waals surface area (Å²) in [5, 5.41) is 10.9. The number of benzene rings is 1. The highest BCUT2D eigenvalue weighted by Crippen LogP contribution is 2.32. The number of nitrogens with one attached hydrogen (secondary N) is 3. The molecular formula is C25H28N4O5. The van der Waals surface area contributed by atoms with E-state index in [9.17, 15) is 9.59 Å². The molecule has 0 radical (unpaired) electrons. The van der Waals surface area contributed by atoms with Crippen LogP contribution in [0.3, 0.4) is 0 Å². The predicted octanol–water partition coefficient (Wildman–Crippen LogP) is 3.67. The molecule has 34 heavy (non-hydrogen) atoms. The molecule has 2 amide bonds. The number of likely N-dealkylation sites (tertiary alicyclic amines) is 1. The Hall–Kier alpha value is -3.85. The Labute approximate surface area is 197 Å². The van der Waals surface area contributed by atoms with Crippen molar-refractivity contribution >= 4 is 34.8 Å². The van der Waals surface area contributed by atoms with Crippen molar-refractivity contribution in [2.24, 2.45) is 0 Å². The summed E-state index contributed by atoms with van der Waals surface area (Å²) in [6.45, 7) is 6.09. The van der Waals surface area contributed by atoms with Crippen molar-refractivity contribution < 1.29 is 23.5 Å². The lowest BCUT2D eigenvalue weighted by atomic mass is 9.99. The first-order valence-electron chi connectivity index (χ1n) is 11.0. The summed E-state index contributed by atoms with van der Waals surface area (Å²) in [4.78, 5) is 30.1. The van der Waals surface area contributed by atoms with Crippen LogP contribution in [0.25, 0.3) is 16.7 Å². The van der Waals surface area contributed by atoms with Gasteiger partial charge >= 0.3 is 0 Å². The first-order valence-corrected chi connectivity index (χ1v) is 11.0. The molecule has 1 aliphatic rings. The number of aromatic amines is 1. The van der Waals surface area contributed by atoms with Crippen LogP contribution in [0.4, 0.5) is 0 Å². The summed E-state index contributed by atoms with van der Waals surface area (Å²) in [6.07, 6.45) is 4.34. The molecule has 9 nitrogen and oxygen atoms in total. The molecule has 3 N–H and O–H groups in total. The predicted molar refractivity (Wildman–Crippen MR) is 129 cm³/mol. The minimum absolute atomic E-state index is 0.00579. The van der Waals surface area contributed by atoms with Gasteiger partial charge < -0.3 is 34.5 Å². The molecule has 178 valence electrons. The Balaban J connectivity index is 1.61. The molecule has 9 heteroatoms. The molecule has 3 heterocycles. The highest BCUT2D eigenvalue weighted by molar-refractivity contribution is 6.07. The van der Waals surface area contributed by atoms with Crippen LogP contribution in [0.15, 0.2) is 34.9 Å².